The molecule has 4 rings (SSSR count). The number of fused-ring (bicyclic) bond motifs is 2. The molecule has 0 saturated carbocycles. The fourth-order valence-corrected chi connectivity index (χ4v) is 4.63. The van der Waals surface area contributed by atoms with E-state index in [9.17, 15) is 4.79 Å². The number of nitrogens with zero attached hydrogens (tertiary/aromatic N) is 2. The molecule has 3 atom stereocenters. The summed E-state index contributed by atoms with van der Waals surface area (Å²) in [7, 11) is 0. The van der Waals surface area contributed by atoms with Crippen molar-refractivity contribution in [3.8, 4) is 0 Å². The summed E-state index contributed by atoms with van der Waals surface area (Å²) in [6, 6.07) is 11.8. The van der Waals surface area contributed by atoms with Gasteiger partial charge in [-0.15, -0.1) is 24.8 Å². The first-order chi connectivity index (χ1) is 11.8. The van der Waals surface area contributed by atoms with Crippen LogP contribution in [-0.4, -0.2) is 53.5 Å². The van der Waals surface area contributed by atoms with Crippen LogP contribution in [0.5, 0.6) is 0 Å². The predicted molar refractivity (Wildman–Crippen MR) is 110 cm³/mol. The molecule has 2 bridgehead atoms. The van der Waals surface area contributed by atoms with E-state index in [1.807, 2.05) is 0 Å². The topological polar surface area (TPSA) is 35.6 Å². The Morgan fingerprint density at radius 2 is 1.73 bits per heavy atom. The highest BCUT2D eigenvalue weighted by atomic mass is 35.5. The summed E-state index contributed by atoms with van der Waals surface area (Å²) in [4.78, 5) is 17.8. The second-order valence-corrected chi connectivity index (χ2v) is 7.68. The first-order valence-electron chi connectivity index (χ1n) is 9.62. The lowest BCUT2D eigenvalue weighted by atomic mass is 9.99. The minimum absolute atomic E-state index is 0. The Morgan fingerprint density at radius 3 is 2.54 bits per heavy atom. The van der Waals surface area contributed by atoms with Gasteiger partial charge in [0.2, 0.25) is 5.91 Å². The molecular weight excluding hydrogens is 369 g/mol. The van der Waals surface area contributed by atoms with Crippen molar-refractivity contribution in [3.05, 3.63) is 35.9 Å². The van der Waals surface area contributed by atoms with Crippen LogP contribution in [0.25, 0.3) is 0 Å². The van der Waals surface area contributed by atoms with Gasteiger partial charge >= 0.3 is 0 Å². The van der Waals surface area contributed by atoms with Crippen LogP contribution >= 0.6 is 24.8 Å². The summed E-state index contributed by atoms with van der Waals surface area (Å²) in [5.74, 6) is 0.375. The molecule has 3 aliphatic heterocycles. The number of carbonyl (C=O) groups is 1. The van der Waals surface area contributed by atoms with Crippen LogP contribution in [-0.2, 0) is 11.3 Å². The average molecular weight is 400 g/mol. The van der Waals surface area contributed by atoms with Crippen LogP contribution in [0, 0.1) is 0 Å². The van der Waals surface area contributed by atoms with E-state index in [0.717, 1.165) is 39.0 Å². The van der Waals surface area contributed by atoms with E-state index in [1.54, 1.807) is 0 Å². The maximum absolute atomic E-state index is 13.2. The average Bonchev–Trinajstić information content (AvgIpc) is 2.95. The number of hydrogen-bond acceptors (Lipinski definition) is 3. The van der Waals surface area contributed by atoms with E-state index in [-0.39, 0.29) is 30.9 Å². The van der Waals surface area contributed by atoms with E-state index < -0.39 is 0 Å². The van der Waals surface area contributed by atoms with Gasteiger partial charge in [0.1, 0.15) is 0 Å². The smallest absolute Gasteiger partial charge is 0.239 e. The zero-order valence-corrected chi connectivity index (χ0v) is 16.9. The summed E-state index contributed by atoms with van der Waals surface area (Å²) in [6.07, 6.45) is 7.04. The lowest BCUT2D eigenvalue weighted by Crippen LogP contribution is -2.52. The molecule has 3 unspecified atom stereocenters. The zero-order valence-electron chi connectivity index (χ0n) is 15.3. The number of piperidine rings is 1. The molecule has 26 heavy (non-hydrogen) atoms. The number of rotatable bonds is 3. The molecule has 4 nitrogen and oxygen atoms in total. The number of halogens is 2. The summed E-state index contributed by atoms with van der Waals surface area (Å²) in [6.45, 7) is 3.78. The normalized spacial score (nSPS) is 28.6. The van der Waals surface area contributed by atoms with Crippen molar-refractivity contribution in [2.24, 2.45) is 0 Å². The largest absolute Gasteiger partial charge is 0.340 e. The molecule has 146 valence electrons. The molecule has 1 amide bonds. The molecule has 1 aromatic carbocycles. The number of hydrogen-bond donors (Lipinski definition) is 1. The van der Waals surface area contributed by atoms with Gasteiger partial charge in [-0.05, 0) is 44.2 Å². The molecule has 3 aliphatic rings. The number of amides is 1. The number of likely N-dealkylation sites (tertiary alicyclic amines) is 2. The first-order valence-corrected chi connectivity index (χ1v) is 9.62. The number of carbonyl (C=O) groups excluding carboxylic acids is 1. The van der Waals surface area contributed by atoms with Crippen LogP contribution in [0.3, 0.4) is 0 Å². The van der Waals surface area contributed by atoms with Crippen molar-refractivity contribution in [2.45, 2.75) is 63.2 Å². The van der Waals surface area contributed by atoms with Crippen molar-refractivity contribution in [3.63, 3.8) is 0 Å². The van der Waals surface area contributed by atoms with Gasteiger partial charge in [-0.3, -0.25) is 9.69 Å². The third-order valence-corrected chi connectivity index (χ3v) is 5.96. The second kappa shape index (κ2) is 9.93. The standard InChI is InChI=1S/C20H29N3O.2ClH/c24-20(23-13-11-17-9-10-18(15-23)21-17)19-8-4-5-12-22(19)14-16-6-2-1-3-7-16;;/h1-3,6-7,17-19,21H,4-5,8-15H2;2*1H. The zero-order chi connectivity index (χ0) is 16.4. The van der Waals surface area contributed by atoms with Gasteiger partial charge in [0.05, 0.1) is 6.04 Å². The Labute approximate surface area is 169 Å². The van der Waals surface area contributed by atoms with E-state index in [0.29, 0.717) is 18.0 Å². The molecule has 0 spiro atoms. The van der Waals surface area contributed by atoms with Crippen molar-refractivity contribution in [1.29, 1.82) is 0 Å². The molecule has 1 N–H and O–H groups in total. The Kier molecular flexibility index (Phi) is 8.21. The minimum atomic E-state index is 0. The van der Waals surface area contributed by atoms with Crippen molar-refractivity contribution in [2.75, 3.05) is 19.6 Å². The van der Waals surface area contributed by atoms with Crippen LogP contribution in [0.4, 0.5) is 0 Å². The van der Waals surface area contributed by atoms with Gasteiger partial charge in [0.25, 0.3) is 0 Å². The molecular formula is C20H31Cl2N3O. The van der Waals surface area contributed by atoms with Crippen molar-refractivity contribution in [1.82, 2.24) is 15.1 Å². The third kappa shape index (κ3) is 4.92. The summed E-state index contributed by atoms with van der Waals surface area (Å²) >= 11 is 0. The third-order valence-electron chi connectivity index (χ3n) is 5.96. The van der Waals surface area contributed by atoms with Gasteiger partial charge in [-0.1, -0.05) is 36.8 Å². The Morgan fingerprint density at radius 1 is 0.962 bits per heavy atom. The highest BCUT2D eigenvalue weighted by Gasteiger charge is 2.36. The lowest BCUT2D eigenvalue weighted by molar-refractivity contribution is -0.138. The fraction of sp³-hybridized carbons (Fsp3) is 0.650. The quantitative estimate of drug-likeness (QED) is 0.846. The lowest BCUT2D eigenvalue weighted by Gasteiger charge is -2.38. The molecule has 3 fully saturated rings. The van der Waals surface area contributed by atoms with E-state index >= 15 is 0 Å². The predicted octanol–water partition coefficient (Wildman–Crippen LogP) is 3.24. The molecule has 6 heteroatoms. The van der Waals surface area contributed by atoms with Crippen LogP contribution < -0.4 is 5.32 Å². The number of nitrogens with one attached hydrogen (secondary N) is 1. The summed E-state index contributed by atoms with van der Waals surface area (Å²) < 4.78 is 0. The van der Waals surface area contributed by atoms with Gasteiger partial charge in [0, 0.05) is 31.7 Å². The Hall–Kier alpha value is -0.810. The molecule has 3 saturated heterocycles. The maximum Gasteiger partial charge on any atom is 0.239 e. The van der Waals surface area contributed by atoms with E-state index in [1.165, 1.54) is 31.2 Å². The molecule has 1 aromatic rings. The highest BCUT2D eigenvalue weighted by molar-refractivity contribution is 5.85. The first kappa shape index (κ1) is 21.5. The molecule has 0 aliphatic carbocycles. The van der Waals surface area contributed by atoms with Crippen LogP contribution in [0.15, 0.2) is 30.3 Å². The van der Waals surface area contributed by atoms with Gasteiger partial charge in [-0.2, -0.15) is 0 Å². The fourth-order valence-electron chi connectivity index (χ4n) is 4.63. The van der Waals surface area contributed by atoms with Crippen molar-refractivity contribution >= 4 is 30.7 Å². The van der Waals surface area contributed by atoms with E-state index in [2.05, 4.69) is 45.4 Å². The van der Waals surface area contributed by atoms with Gasteiger partial charge in [-0.25, -0.2) is 0 Å². The van der Waals surface area contributed by atoms with Crippen LogP contribution in [0.1, 0.15) is 44.1 Å². The Bertz CT molecular complexity index is 571. The summed E-state index contributed by atoms with van der Waals surface area (Å²) in [5, 5.41) is 3.68. The molecule has 0 aromatic heterocycles. The van der Waals surface area contributed by atoms with Gasteiger partial charge < -0.3 is 10.2 Å². The minimum Gasteiger partial charge on any atom is -0.340 e. The maximum atomic E-state index is 13.2. The monoisotopic (exact) mass is 399 g/mol. The SMILES string of the molecule is Cl.Cl.O=C(C1CCCCN1Cc1ccccc1)N1CCC2CCC(C1)N2. The Balaban J connectivity index is 0.00000121. The van der Waals surface area contributed by atoms with Crippen LogP contribution in [0.2, 0.25) is 0 Å². The second-order valence-electron chi connectivity index (χ2n) is 7.68. The summed E-state index contributed by atoms with van der Waals surface area (Å²) in [5.41, 5.74) is 1.31. The van der Waals surface area contributed by atoms with E-state index in [4.69, 9.17) is 0 Å². The van der Waals surface area contributed by atoms with Gasteiger partial charge in [0.15, 0.2) is 0 Å². The highest BCUT2D eigenvalue weighted by Crippen LogP contribution is 2.25. The number of benzene rings is 1. The van der Waals surface area contributed by atoms with Crippen molar-refractivity contribution < 1.29 is 4.79 Å². The molecule has 0 radical (unpaired) electrons. The molecule has 3 heterocycles.